The van der Waals surface area contributed by atoms with E-state index in [2.05, 4.69) is 36.1 Å². The molecule has 0 aliphatic carbocycles. The van der Waals surface area contributed by atoms with Crippen LogP contribution < -0.4 is 10.1 Å². The Labute approximate surface area is 118 Å². The largest absolute Gasteiger partial charge is 0.495 e. The fraction of sp³-hybridized carbons (Fsp3) is 0.571. The normalized spacial score (nSPS) is 20.9. The Hall–Kier alpha value is -0.380. The number of methoxy groups -OCH3 is 1. The highest BCUT2D eigenvalue weighted by atomic mass is 35.5. The molecule has 18 heavy (non-hydrogen) atoms. The van der Waals surface area contributed by atoms with Crippen LogP contribution in [0.3, 0.4) is 0 Å². The molecule has 1 aromatic carbocycles. The Morgan fingerprint density at radius 1 is 1.56 bits per heavy atom. The van der Waals surface area contributed by atoms with Crippen LogP contribution in [0.1, 0.15) is 31.4 Å². The van der Waals surface area contributed by atoms with Gasteiger partial charge in [-0.2, -0.15) is 11.8 Å². The second kappa shape index (κ2) is 6.69. The van der Waals surface area contributed by atoms with Gasteiger partial charge in [0.05, 0.1) is 12.1 Å². The van der Waals surface area contributed by atoms with Gasteiger partial charge in [-0.1, -0.05) is 24.6 Å². The fourth-order valence-corrected chi connectivity index (χ4v) is 4.03. The summed E-state index contributed by atoms with van der Waals surface area (Å²) in [6.07, 6.45) is 2.61. The molecule has 1 heterocycles. The summed E-state index contributed by atoms with van der Waals surface area (Å²) in [6, 6.07) is 6.50. The maximum absolute atomic E-state index is 6.09. The zero-order chi connectivity index (χ0) is 13.0. The van der Waals surface area contributed by atoms with Crippen LogP contribution in [0.5, 0.6) is 5.75 Å². The molecule has 2 rings (SSSR count). The first-order chi connectivity index (χ1) is 8.76. The third-order valence-electron chi connectivity index (χ3n) is 3.30. The van der Waals surface area contributed by atoms with Crippen LogP contribution in [-0.4, -0.2) is 24.7 Å². The van der Waals surface area contributed by atoms with Gasteiger partial charge in [0, 0.05) is 11.3 Å². The second-order valence-electron chi connectivity index (χ2n) is 4.48. The molecule has 1 fully saturated rings. The summed E-state index contributed by atoms with van der Waals surface area (Å²) in [5.41, 5.74) is 1.28. The van der Waals surface area contributed by atoms with Crippen molar-refractivity contribution in [3.8, 4) is 5.75 Å². The lowest BCUT2D eigenvalue weighted by Gasteiger charge is -2.24. The number of nitrogens with one attached hydrogen (secondary N) is 1. The van der Waals surface area contributed by atoms with E-state index in [1.807, 2.05) is 6.07 Å². The molecular formula is C14H20ClNOS. The lowest BCUT2D eigenvalue weighted by atomic mass is 10.0. The molecule has 100 valence electrons. The van der Waals surface area contributed by atoms with E-state index >= 15 is 0 Å². The first kappa shape index (κ1) is 14.0. The Kier molecular flexibility index (Phi) is 5.22. The molecule has 0 amide bonds. The summed E-state index contributed by atoms with van der Waals surface area (Å²) in [5.74, 6) is 2.04. The number of halogens is 1. The Morgan fingerprint density at radius 2 is 2.39 bits per heavy atom. The topological polar surface area (TPSA) is 21.3 Å². The van der Waals surface area contributed by atoms with Crippen LogP contribution in [0.4, 0.5) is 0 Å². The van der Waals surface area contributed by atoms with E-state index in [0.29, 0.717) is 16.3 Å². The van der Waals surface area contributed by atoms with Crippen molar-refractivity contribution in [2.75, 3.05) is 19.4 Å². The first-order valence-corrected chi connectivity index (χ1v) is 7.87. The van der Waals surface area contributed by atoms with Gasteiger partial charge in [0.15, 0.2) is 0 Å². The summed E-state index contributed by atoms with van der Waals surface area (Å²) < 4.78 is 5.31. The van der Waals surface area contributed by atoms with Gasteiger partial charge in [-0.05, 0) is 42.8 Å². The average molecular weight is 286 g/mol. The standard InChI is InChI=1S/C14H20ClNOS/c1-3-16-14(13-5-4-8-18-13)10-6-7-11(15)12(9-10)17-2/h6-7,9,13-14,16H,3-5,8H2,1-2H3. The van der Waals surface area contributed by atoms with Crippen molar-refractivity contribution in [1.29, 1.82) is 0 Å². The first-order valence-electron chi connectivity index (χ1n) is 6.44. The van der Waals surface area contributed by atoms with Gasteiger partial charge in [-0.25, -0.2) is 0 Å². The number of thioether (sulfide) groups is 1. The maximum Gasteiger partial charge on any atom is 0.137 e. The number of hydrogen-bond donors (Lipinski definition) is 1. The van der Waals surface area contributed by atoms with Crippen molar-refractivity contribution in [3.05, 3.63) is 28.8 Å². The molecule has 1 N–H and O–H groups in total. The summed E-state index contributed by atoms with van der Waals surface area (Å²) in [5, 5.41) is 4.93. The minimum Gasteiger partial charge on any atom is -0.495 e. The molecule has 0 saturated carbocycles. The highest BCUT2D eigenvalue weighted by molar-refractivity contribution is 8.00. The van der Waals surface area contributed by atoms with Crippen molar-refractivity contribution < 1.29 is 4.74 Å². The van der Waals surface area contributed by atoms with Crippen LogP contribution in [0.15, 0.2) is 18.2 Å². The van der Waals surface area contributed by atoms with Gasteiger partial charge in [0.25, 0.3) is 0 Å². The van der Waals surface area contributed by atoms with E-state index in [1.165, 1.54) is 24.2 Å². The van der Waals surface area contributed by atoms with Crippen LogP contribution in [0, 0.1) is 0 Å². The van der Waals surface area contributed by atoms with E-state index in [-0.39, 0.29) is 0 Å². The van der Waals surface area contributed by atoms with Crippen LogP contribution in [-0.2, 0) is 0 Å². The molecule has 1 aliphatic heterocycles. The maximum atomic E-state index is 6.09. The number of ether oxygens (including phenoxy) is 1. The average Bonchev–Trinajstić information content (AvgIpc) is 2.90. The van der Waals surface area contributed by atoms with Crippen molar-refractivity contribution >= 4 is 23.4 Å². The van der Waals surface area contributed by atoms with E-state index in [0.717, 1.165) is 12.3 Å². The fourth-order valence-electron chi connectivity index (χ4n) is 2.42. The lowest BCUT2D eigenvalue weighted by Crippen LogP contribution is -2.28. The van der Waals surface area contributed by atoms with Gasteiger partial charge in [0.1, 0.15) is 5.75 Å². The quantitative estimate of drug-likeness (QED) is 0.887. The molecule has 1 aromatic rings. The van der Waals surface area contributed by atoms with Gasteiger partial charge in [-0.15, -0.1) is 0 Å². The molecular weight excluding hydrogens is 266 g/mol. The third-order valence-corrected chi connectivity index (χ3v) is 5.07. The van der Waals surface area contributed by atoms with Crippen molar-refractivity contribution in [1.82, 2.24) is 5.32 Å². The van der Waals surface area contributed by atoms with Gasteiger partial charge >= 0.3 is 0 Å². The molecule has 1 saturated heterocycles. The number of benzene rings is 1. The third kappa shape index (κ3) is 3.14. The van der Waals surface area contributed by atoms with Gasteiger partial charge in [0.2, 0.25) is 0 Å². The van der Waals surface area contributed by atoms with Crippen LogP contribution in [0.2, 0.25) is 5.02 Å². The highest BCUT2D eigenvalue weighted by Crippen LogP contribution is 2.38. The molecule has 0 radical (unpaired) electrons. The molecule has 4 heteroatoms. The van der Waals surface area contributed by atoms with Crippen LogP contribution >= 0.6 is 23.4 Å². The minimum absolute atomic E-state index is 0.397. The van der Waals surface area contributed by atoms with E-state index in [1.54, 1.807) is 7.11 Å². The number of hydrogen-bond acceptors (Lipinski definition) is 3. The molecule has 2 unspecified atom stereocenters. The minimum atomic E-state index is 0.397. The summed E-state index contributed by atoms with van der Waals surface area (Å²) in [4.78, 5) is 0. The molecule has 2 nitrogen and oxygen atoms in total. The molecule has 1 aliphatic rings. The predicted molar refractivity (Wildman–Crippen MR) is 79.9 cm³/mol. The predicted octanol–water partition coefficient (Wildman–Crippen LogP) is 3.89. The summed E-state index contributed by atoms with van der Waals surface area (Å²) >= 11 is 8.15. The number of rotatable bonds is 5. The van der Waals surface area contributed by atoms with Gasteiger partial charge < -0.3 is 10.1 Å². The van der Waals surface area contributed by atoms with Gasteiger partial charge in [-0.3, -0.25) is 0 Å². The van der Waals surface area contributed by atoms with Crippen molar-refractivity contribution in [2.24, 2.45) is 0 Å². The van der Waals surface area contributed by atoms with E-state index in [9.17, 15) is 0 Å². The summed E-state index contributed by atoms with van der Waals surface area (Å²) in [6.45, 7) is 3.13. The zero-order valence-electron chi connectivity index (χ0n) is 10.9. The summed E-state index contributed by atoms with van der Waals surface area (Å²) in [7, 11) is 1.66. The highest BCUT2D eigenvalue weighted by Gasteiger charge is 2.26. The van der Waals surface area contributed by atoms with Crippen LogP contribution in [0.25, 0.3) is 0 Å². The Bertz CT molecular complexity index is 393. The van der Waals surface area contributed by atoms with E-state index in [4.69, 9.17) is 16.3 Å². The van der Waals surface area contributed by atoms with E-state index < -0.39 is 0 Å². The molecule has 2 atom stereocenters. The smallest absolute Gasteiger partial charge is 0.137 e. The second-order valence-corrected chi connectivity index (χ2v) is 6.24. The van der Waals surface area contributed by atoms with Crippen molar-refractivity contribution in [3.63, 3.8) is 0 Å². The SMILES string of the molecule is CCNC(c1ccc(Cl)c(OC)c1)C1CCCS1. The molecule has 0 bridgehead atoms. The lowest BCUT2D eigenvalue weighted by molar-refractivity contribution is 0.413. The zero-order valence-corrected chi connectivity index (χ0v) is 12.5. The monoisotopic (exact) mass is 285 g/mol. The molecule has 0 aromatic heterocycles. The van der Waals surface area contributed by atoms with Crippen molar-refractivity contribution in [2.45, 2.75) is 31.1 Å². The Balaban J connectivity index is 2.23. The molecule has 0 spiro atoms. The Morgan fingerprint density at radius 3 is 3.00 bits per heavy atom.